The smallest absolute Gasteiger partial charge is 0.0951 e. The normalized spacial score (nSPS) is 11.2. The van der Waals surface area contributed by atoms with E-state index in [0.717, 1.165) is 19.5 Å². The molecule has 0 aliphatic rings. The number of hydrogen-bond acceptors (Lipinski definition) is 4. The van der Waals surface area contributed by atoms with Gasteiger partial charge in [0.2, 0.25) is 0 Å². The zero-order valence-corrected chi connectivity index (χ0v) is 11.1. The molecule has 0 amide bonds. The van der Waals surface area contributed by atoms with Crippen LogP contribution in [0.4, 0.5) is 0 Å². The Bertz CT molecular complexity index is 433. The Balaban J connectivity index is 1.76. The molecule has 2 rings (SSSR count). The average Bonchev–Trinajstić information content (AvgIpc) is 2.95. The van der Waals surface area contributed by atoms with Crippen LogP contribution in [-0.2, 0) is 13.0 Å². The number of thiazole rings is 1. The van der Waals surface area contributed by atoms with Crippen molar-refractivity contribution in [3.63, 3.8) is 0 Å². The SMILES string of the molecule is CC(C)n1cncc1CNCCc1cscn1. The number of imidazole rings is 1. The lowest BCUT2D eigenvalue weighted by molar-refractivity contribution is 0.551. The Kier molecular flexibility index (Phi) is 4.28. The highest BCUT2D eigenvalue weighted by Crippen LogP contribution is 2.08. The van der Waals surface area contributed by atoms with E-state index in [1.807, 2.05) is 18.0 Å². The van der Waals surface area contributed by atoms with E-state index in [0.29, 0.717) is 6.04 Å². The first-order valence-corrected chi connectivity index (χ1v) is 6.80. The highest BCUT2D eigenvalue weighted by molar-refractivity contribution is 7.07. The molecule has 5 heteroatoms. The summed E-state index contributed by atoms with van der Waals surface area (Å²) in [5, 5.41) is 5.52. The van der Waals surface area contributed by atoms with Crippen molar-refractivity contribution in [2.75, 3.05) is 6.54 Å². The van der Waals surface area contributed by atoms with Crippen molar-refractivity contribution in [2.24, 2.45) is 0 Å². The standard InChI is InChI=1S/C12H18N4S/c1-10(2)16-8-14-6-12(16)5-13-4-3-11-7-17-9-15-11/h6-10,13H,3-5H2,1-2H3. The van der Waals surface area contributed by atoms with Gasteiger partial charge in [0.1, 0.15) is 0 Å². The van der Waals surface area contributed by atoms with Crippen molar-refractivity contribution in [1.82, 2.24) is 19.9 Å². The van der Waals surface area contributed by atoms with Crippen LogP contribution in [0.25, 0.3) is 0 Å². The zero-order valence-electron chi connectivity index (χ0n) is 10.3. The average molecular weight is 250 g/mol. The number of nitrogens with one attached hydrogen (secondary N) is 1. The zero-order chi connectivity index (χ0) is 12.1. The number of nitrogens with zero attached hydrogens (tertiary/aromatic N) is 3. The second kappa shape index (κ2) is 5.93. The maximum Gasteiger partial charge on any atom is 0.0951 e. The van der Waals surface area contributed by atoms with Gasteiger partial charge in [-0.1, -0.05) is 0 Å². The van der Waals surface area contributed by atoms with Gasteiger partial charge in [0.25, 0.3) is 0 Å². The van der Waals surface area contributed by atoms with Crippen molar-refractivity contribution >= 4 is 11.3 Å². The molecule has 2 heterocycles. The molecule has 92 valence electrons. The fourth-order valence-corrected chi connectivity index (χ4v) is 2.32. The minimum atomic E-state index is 0.466. The number of rotatable bonds is 6. The summed E-state index contributed by atoms with van der Waals surface area (Å²) in [6.07, 6.45) is 4.80. The quantitative estimate of drug-likeness (QED) is 0.800. The van der Waals surface area contributed by atoms with Crippen LogP contribution in [0.15, 0.2) is 23.4 Å². The van der Waals surface area contributed by atoms with Gasteiger partial charge in [-0.05, 0) is 13.8 Å². The Morgan fingerprint density at radius 1 is 1.47 bits per heavy atom. The highest BCUT2D eigenvalue weighted by Gasteiger charge is 2.04. The van der Waals surface area contributed by atoms with Gasteiger partial charge in [-0.25, -0.2) is 9.97 Å². The summed E-state index contributed by atoms with van der Waals surface area (Å²) in [5.41, 5.74) is 4.28. The fraction of sp³-hybridized carbons (Fsp3) is 0.500. The van der Waals surface area contributed by atoms with E-state index in [1.54, 1.807) is 11.3 Å². The first-order valence-electron chi connectivity index (χ1n) is 5.86. The highest BCUT2D eigenvalue weighted by atomic mass is 32.1. The summed E-state index contributed by atoms with van der Waals surface area (Å²) >= 11 is 1.65. The van der Waals surface area contributed by atoms with Crippen LogP contribution in [0.2, 0.25) is 0 Å². The summed E-state index contributed by atoms with van der Waals surface area (Å²) in [4.78, 5) is 8.44. The van der Waals surface area contributed by atoms with Crippen LogP contribution in [0.3, 0.4) is 0 Å². The first kappa shape index (κ1) is 12.3. The molecule has 2 aromatic rings. The van der Waals surface area contributed by atoms with Gasteiger partial charge < -0.3 is 9.88 Å². The third kappa shape index (κ3) is 3.38. The van der Waals surface area contributed by atoms with E-state index in [-0.39, 0.29) is 0 Å². The van der Waals surface area contributed by atoms with Gasteiger partial charge in [0.05, 0.1) is 23.2 Å². The van der Waals surface area contributed by atoms with Crippen molar-refractivity contribution in [1.29, 1.82) is 0 Å². The van der Waals surface area contributed by atoms with E-state index >= 15 is 0 Å². The summed E-state index contributed by atoms with van der Waals surface area (Å²) in [5.74, 6) is 0. The molecule has 0 spiro atoms. The van der Waals surface area contributed by atoms with Gasteiger partial charge >= 0.3 is 0 Å². The minimum absolute atomic E-state index is 0.466. The van der Waals surface area contributed by atoms with E-state index < -0.39 is 0 Å². The molecule has 0 radical (unpaired) electrons. The van der Waals surface area contributed by atoms with Crippen molar-refractivity contribution in [2.45, 2.75) is 32.9 Å². The number of hydrogen-bond donors (Lipinski definition) is 1. The van der Waals surface area contributed by atoms with Gasteiger partial charge in [0.15, 0.2) is 0 Å². The van der Waals surface area contributed by atoms with E-state index in [2.05, 4.69) is 39.1 Å². The van der Waals surface area contributed by atoms with E-state index in [4.69, 9.17) is 0 Å². The van der Waals surface area contributed by atoms with Crippen LogP contribution in [0.1, 0.15) is 31.3 Å². The van der Waals surface area contributed by atoms with Crippen molar-refractivity contribution in [3.8, 4) is 0 Å². The maximum absolute atomic E-state index is 4.26. The molecule has 0 fully saturated rings. The molecular formula is C12H18N4S. The van der Waals surface area contributed by atoms with Crippen LogP contribution in [-0.4, -0.2) is 21.1 Å². The van der Waals surface area contributed by atoms with E-state index in [1.165, 1.54) is 11.4 Å². The van der Waals surface area contributed by atoms with Gasteiger partial charge in [-0.3, -0.25) is 0 Å². The largest absolute Gasteiger partial charge is 0.331 e. The summed E-state index contributed by atoms with van der Waals surface area (Å²) in [6.45, 7) is 6.15. The Morgan fingerprint density at radius 3 is 3.06 bits per heavy atom. The molecule has 0 saturated heterocycles. The van der Waals surface area contributed by atoms with Crippen LogP contribution < -0.4 is 5.32 Å². The molecule has 0 bridgehead atoms. The molecule has 2 aromatic heterocycles. The Hall–Kier alpha value is -1.20. The third-order valence-electron chi connectivity index (χ3n) is 2.65. The molecule has 1 N–H and O–H groups in total. The molecule has 0 saturated carbocycles. The second-order valence-electron chi connectivity index (χ2n) is 4.29. The summed E-state index contributed by atoms with van der Waals surface area (Å²) < 4.78 is 2.19. The Morgan fingerprint density at radius 2 is 2.35 bits per heavy atom. The Labute approximate surface area is 106 Å². The van der Waals surface area contributed by atoms with Crippen molar-refractivity contribution < 1.29 is 0 Å². The van der Waals surface area contributed by atoms with Crippen LogP contribution in [0, 0.1) is 0 Å². The van der Waals surface area contributed by atoms with Gasteiger partial charge in [-0.2, -0.15) is 0 Å². The topological polar surface area (TPSA) is 42.7 Å². The second-order valence-corrected chi connectivity index (χ2v) is 5.01. The first-order chi connectivity index (χ1) is 8.27. The predicted octanol–water partition coefficient (Wildman–Crippen LogP) is 2.25. The van der Waals surface area contributed by atoms with Crippen LogP contribution in [0.5, 0.6) is 0 Å². The summed E-state index contributed by atoms with van der Waals surface area (Å²) in [6, 6.07) is 0.466. The lowest BCUT2D eigenvalue weighted by atomic mass is 10.3. The lowest BCUT2D eigenvalue weighted by Crippen LogP contribution is -2.19. The van der Waals surface area contributed by atoms with Gasteiger partial charge in [0, 0.05) is 37.1 Å². The third-order valence-corrected chi connectivity index (χ3v) is 3.29. The molecule has 0 atom stereocenters. The summed E-state index contributed by atoms with van der Waals surface area (Å²) in [7, 11) is 0. The molecule has 4 nitrogen and oxygen atoms in total. The predicted molar refractivity (Wildman–Crippen MR) is 70.1 cm³/mol. The molecular weight excluding hydrogens is 232 g/mol. The minimum Gasteiger partial charge on any atom is -0.331 e. The fourth-order valence-electron chi connectivity index (χ4n) is 1.73. The monoisotopic (exact) mass is 250 g/mol. The lowest BCUT2D eigenvalue weighted by Gasteiger charge is -2.11. The van der Waals surface area contributed by atoms with E-state index in [9.17, 15) is 0 Å². The number of aromatic nitrogens is 3. The van der Waals surface area contributed by atoms with Crippen molar-refractivity contribution in [3.05, 3.63) is 34.8 Å². The molecule has 0 aliphatic heterocycles. The molecule has 0 aliphatic carbocycles. The van der Waals surface area contributed by atoms with Crippen LogP contribution >= 0.6 is 11.3 Å². The molecule has 0 unspecified atom stereocenters. The van der Waals surface area contributed by atoms with Gasteiger partial charge in [-0.15, -0.1) is 11.3 Å². The molecule has 0 aromatic carbocycles. The molecule has 17 heavy (non-hydrogen) atoms. The maximum atomic E-state index is 4.26.